The zero-order chi connectivity index (χ0) is 15.5. The van der Waals surface area contributed by atoms with Crippen LogP contribution in [0.2, 0.25) is 5.02 Å². The van der Waals surface area contributed by atoms with Crippen molar-refractivity contribution in [2.75, 3.05) is 6.54 Å². The predicted molar refractivity (Wildman–Crippen MR) is 65.5 cm³/mol. The van der Waals surface area contributed by atoms with E-state index >= 15 is 0 Å². The lowest BCUT2D eigenvalue weighted by Crippen LogP contribution is -2.41. The van der Waals surface area contributed by atoms with Gasteiger partial charge in [-0.15, -0.1) is 0 Å². The fourth-order valence-electron chi connectivity index (χ4n) is 1.21. The van der Waals surface area contributed by atoms with E-state index in [9.17, 15) is 18.0 Å². The van der Waals surface area contributed by atoms with Crippen molar-refractivity contribution in [3.05, 3.63) is 22.7 Å². The molecule has 112 valence electrons. The molecule has 0 spiro atoms. The Morgan fingerprint density at radius 2 is 2.10 bits per heavy atom. The maximum atomic E-state index is 12.1. The summed E-state index contributed by atoms with van der Waals surface area (Å²) < 4.78 is 36.3. The van der Waals surface area contributed by atoms with E-state index in [1.807, 2.05) is 5.32 Å². The number of nitrogens with zero attached hydrogens (tertiary/aromatic N) is 2. The first kappa shape index (κ1) is 16.6. The van der Waals surface area contributed by atoms with Gasteiger partial charge in [0.25, 0.3) is 5.91 Å². The van der Waals surface area contributed by atoms with Crippen LogP contribution >= 0.6 is 11.6 Å². The van der Waals surface area contributed by atoms with Crippen LogP contribution in [0.3, 0.4) is 0 Å². The Morgan fingerprint density at radius 3 is 2.60 bits per heavy atom. The van der Waals surface area contributed by atoms with Crippen LogP contribution in [-0.2, 0) is 0 Å². The summed E-state index contributed by atoms with van der Waals surface area (Å²) >= 11 is 5.73. The zero-order valence-electron chi connectivity index (χ0n) is 10.7. The van der Waals surface area contributed by atoms with Gasteiger partial charge in [-0.1, -0.05) is 25.4 Å². The van der Waals surface area contributed by atoms with Gasteiger partial charge in [-0.3, -0.25) is 4.79 Å². The lowest BCUT2D eigenvalue weighted by atomic mass is 10.2. The van der Waals surface area contributed by atoms with E-state index < -0.39 is 24.7 Å². The minimum Gasteiger partial charge on any atom is -0.382 e. The molecule has 2 N–H and O–H groups in total. The molecule has 0 radical (unpaired) electrons. The molecular weight excluding hydrogens is 299 g/mol. The number of hydrogen-bond acceptors (Lipinski definition) is 4. The molecule has 0 saturated carbocycles. The summed E-state index contributed by atoms with van der Waals surface area (Å²) in [5.41, 5.74) is -0.222. The van der Waals surface area contributed by atoms with Gasteiger partial charge < -0.3 is 10.4 Å². The normalized spacial score (nSPS) is 13.4. The monoisotopic (exact) mass is 311 g/mol. The van der Waals surface area contributed by atoms with Crippen molar-refractivity contribution < 1.29 is 23.1 Å². The fourth-order valence-corrected chi connectivity index (χ4v) is 1.38. The molecule has 1 amide bonds. The number of rotatable bonds is 4. The van der Waals surface area contributed by atoms with Crippen molar-refractivity contribution in [1.29, 1.82) is 0 Å². The summed E-state index contributed by atoms with van der Waals surface area (Å²) in [7, 11) is 0. The third-order valence-electron chi connectivity index (χ3n) is 2.33. The van der Waals surface area contributed by atoms with E-state index in [4.69, 9.17) is 16.7 Å². The van der Waals surface area contributed by atoms with Crippen LogP contribution in [0.25, 0.3) is 0 Å². The number of nitrogens with one attached hydrogen (secondary N) is 1. The Kier molecular flexibility index (Phi) is 5.29. The smallest absolute Gasteiger partial charge is 0.382 e. The molecule has 20 heavy (non-hydrogen) atoms. The highest BCUT2D eigenvalue weighted by molar-refractivity contribution is 6.33. The molecule has 1 unspecified atom stereocenters. The maximum Gasteiger partial charge on any atom is 0.416 e. The average molecular weight is 312 g/mol. The Morgan fingerprint density at radius 1 is 1.50 bits per heavy atom. The molecule has 0 fully saturated rings. The van der Waals surface area contributed by atoms with Crippen molar-refractivity contribution in [3.63, 3.8) is 0 Å². The standard InChI is InChI=1S/C11H13ClF3N3O2/c1-5(2)9-16-3-6(12)8(18-9)10(20)17-4-7(19)11(13,14)15/h3,5,7,19H,4H2,1-2H3,(H,17,20). The van der Waals surface area contributed by atoms with Crippen LogP contribution in [0.15, 0.2) is 6.20 Å². The van der Waals surface area contributed by atoms with Crippen molar-refractivity contribution in [2.45, 2.75) is 32.0 Å². The van der Waals surface area contributed by atoms with Crippen LogP contribution in [0, 0.1) is 0 Å². The van der Waals surface area contributed by atoms with E-state index in [0.29, 0.717) is 5.82 Å². The van der Waals surface area contributed by atoms with Crippen LogP contribution in [-0.4, -0.2) is 39.8 Å². The van der Waals surface area contributed by atoms with Gasteiger partial charge in [0, 0.05) is 5.92 Å². The van der Waals surface area contributed by atoms with Gasteiger partial charge in [0.2, 0.25) is 0 Å². The summed E-state index contributed by atoms with van der Waals surface area (Å²) in [6.45, 7) is 2.61. The third-order valence-corrected chi connectivity index (χ3v) is 2.60. The molecule has 0 saturated heterocycles. The van der Waals surface area contributed by atoms with E-state index in [2.05, 4.69) is 9.97 Å². The van der Waals surface area contributed by atoms with Crippen molar-refractivity contribution >= 4 is 17.5 Å². The molecule has 0 aliphatic carbocycles. The van der Waals surface area contributed by atoms with Gasteiger partial charge in [0.05, 0.1) is 17.8 Å². The predicted octanol–water partition coefficient (Wildman–Crippen LogP) is 1.91. The Balaban J connectivity index is 2.80. The number of aromatic nitrogens is 2. The van der Waals surface area contributed by atoms with Gasteiger partial charge in [-0.2, -0.15) is 13.2 Å². The Bertz CT molecular complexity index is 494. The zero-order valence-corrected chi connectivity index (χ0v) is 11.5. The Labute approximate surface area is 118 Å². The van der Waals surface area contributed by atoms with Gasteiger partial charge in [0.15, 0.2) is 6.10 Å². The summed E-state index contributed by atoms with van der Waals surface area (Å²) in [4.78, 5) is 19.5. The van der Waals surface area contributed by atoms with Crippen molar-refractivity contribution in [2.24, 2.45) is 0 Å². The number of hydrogen-bond donors (Lipinski definition) is 2. The van der Waals surface area contributed by atoms with Gasteiger partial charge in [-0.05, 0) is 0 Å². The first-order valence-electron chi connectivity index (χ1n) is 5.68. The molecule has 1 aromatic heterocycles. The number of alkyl halides is 3. The van der Waals surface area contributed by atoms with Crippen LogP contribution in [0.1, 0.15) is 36.1 Å². The molecule has 1 heterocycles. The second kappa shape index (κ2) is 6.36. The lowest BCUT2D eigenvalue weighted by molar-refractivity contribution is -0.201. The first-order valence-corrected chi connectivity index (χ1v) is 6.06. The van der Waals surface area contributed by atoms with Gasteiger partial charge in [-0.25, -0.2) is 9.97 Å². The fraction of sp³-hybridized carbons (Fsp3) is 0.545. The summed E-state index contributed by atoms with van der Waals surface area (Å²) in [5.74, 6) is -0.627. The number of carbonyl (C=O) groups excluding carboxylic acids is 1. The second-order valence-electron chi connectivity index (χ2n) is 4.35. The molecule has 5 nitrogen and oxygen atoms in total. The maximum absolute atomic E-state index is 12.1. The number of aliphatic hydroxyl groups is 1. The SMILES string of the molecule is CC(C)c1ncc(Cl)c(C(=O)NCC(O)C(F)(F)F)n1. The van der Waals surface area contributed by atoms with Crippen LogP contribution in [0.4, 0.5) is 13.2 Å². The van der Waals surface area contributed by atoms with Gasteiger partial charge >= 0.3 is 6.18 Å². The average Bonchev–Trinajstić information content (AvgIpc) is 2.34. The minimum atomic E-state index is -4.80. The molecule has 0 aromatic carbocycles. The lowest BCUT2D eigenvalue weighted by Gasteiger charge is -2.15. The highest BCUT2D eigenvalue weighted by atomic mass is 35.5. The minimum absolute atomic E-state index is 0.0698. The summed E-state index contributed by atoms with van der Waals surface area (Å²) in [6.07, 6.45) is -6.23. The van der Waals surface area contributed by atoms with E-state index in [-0.39, 0.29) is 16.6 Å². The molecule has 9 heteroatoms. The number of carbonyl (C=O) groups is 1. The molecule has 1 atom stereocenters. The molecule has 1 rings (SSSR count). The largest absolute Gasteiger partial charge is 0.416 e. The Hall–Kier alpha value is -1.41. The van der Waals surface area contributed by atoms with Crippen molar-refractivity contribution in [1.82, 2.24) is 15.3 Å². The molecule has 0 aliphatic heterocycles. The number of amides is 1. The van der Waals surface area contributed by atoms with Gasteiger partial charge in [0.1, 0.15) is 11.5 Å². The highest BCUT2D eigenvalue weighted by Gasteiger charge is 2.38. The first-order chi connectivity index (χ1) is 9.12. The van der Waals surface area contributed by atoms with E-state index in [1.54, 1.807) is 13.8 Å². The topological polar surface area (TPSA) is 75.1 Å². The third kappa shape index (κ3) is 4.31. The molecule has 0 aliphatic rings. The van der Waals surface area contributed by atoms with Crippen molar-refractivity contribution in [3.8, 4) is 0 Å². The quantitative estimate of drug-likeness (QED) is 0.890. The van der Waals surface area contributed by atoms with E-state index in [1.165, 1.54) is 6.20 Å². The molecular formula is C11H13ClF3N3O2. The number of halogens is 4. The second-order valence-corrected chi connectivity index (χ2v) is 4.75. The molecule has 0 bridgehead atoms. The van der Waals surface area contributed by atoms with E-state index in [0.717, 1.165) is 0 Å². The molecule has 1 aromatic rings. The summed E-state index contributed by atoms with van der Waals surface area (Å²) in [6, 6.07) is 0. The summed E-state index contributed by atoms with van der Waals surface area (Å²) in [5, 5.41) is 10.6. The highest BCUT2D eigenvalue weighted by Crippen LogP contribution is 2.20. The van der Waals surface area contributed by atoms with Crippen LogP contribution < -0.4 is 5.32 Å². The number of aliphatic hydroxyl groups excluding tert-OH is 1. The van der Waals surface area contributed by atoms with Crippen LogP contribution in [0.5, 0.6) is 0 Å².